The number of benzene rings is 2. The number of rotatable bonds is 4. The third-order valence-corrected chi connectivity index (χ3v) is 7.12. The van der Waals surface area contributed by atoms with Gasteiger partial charge < -0.3 is 19.3 Å². The van der Waals surface area contributed by atoms with Gasteiger partial charge in [-0.1, -0.05) is 48.6 Å². The zero-order valence-electron chi connectivity index (χ0n) is 17.4. The van der Waals surface area contributed by atoms with Crippen LogP contribution in [0.2, 0.25) is 0 Å². The molecule has 4 atom stereocenters. The van der Waals surface area contributed by atoms with Crippen molar-refractivity contribution in [3.63, 3.8) is 0 Å². The van der Waals surface area contributed by atoms with Crippen LogP contribution in [0.25, 0.3) is 0 Å². The van der Waals surface area contributed by atoms with Gasteiger partial charge >= 0.3 is 0 Å². The zero-order valence-corrected chi connectivity index (χ0v) is 17.4. The number of ether oxygens (including phenoxy) is 2. The minimum absolute atomic E-state index is 0.00438. The van der Waals surface area contributed by atoms with E-state index in [1.54, 1.807) is 7.11 Å². The molecule has 0 N–H and O–H groups in total. The van der Waals surface area contributed by atoms with E-state index in [1.807, 2.05) is 58.4 Å². The van der Waals surface area contributed by atoms with Gasteiger partial charge in [0, 0.05) is 19.6 Å². The highest BCUT2D eigenvalue weighted by Crippen LogP contribution is 2.53. The van der Waals surface area contributed by atoms with Crippen molar-refractivity contribution in [2.24, 2.45) is 11.8 Å². The summed E-state index contributed by atoms with van der Waals surface area (Å²) >= 11 is 0. The molecule has 2 aromatic rings. The summed E-state index contributed by atoms with van der Waals surface area (Å²) in [7, 11) is 1.63. The van der Waals surface area contributed by atoms with Crippen molar-refractivity contribution in [1.29, 1.82) is 0 Å². The number of likely N-dealkylation sites (tertiary alicyclic amines) is 1. The molecule has 2 bridgehead atoms. The first kappa shape index (κ1) is 18.6. The molecule has 2 fully saturated rings. The van der Waals surface area contributed by atoms with E-state index in [-0.39, 0.29) is 17.9 Å². The van der Waals surface area contributed by atoms with Crippen LogP contribution in [-0.2, 0) is 34.0 Å². The Morgan fingerprint density at radius 3 is 2.68 bits per heavy atom. The van der Waals surface area contributed by atoms with Crippen LogP contribution in [0.15, 0.2) is 60.7 Å². The highest BCUT2D eigenvalue weighted by molar-refractivity contribution is 5.93. The number of methoxy groups -OCH3 is 1. The molecule has 2 saturated heterocycles. The van der Waals surface area contributed by atoms with Crippen LogP contribution in [0.5, 0.6) is 5.75 Å². The molecule has 4 aliphatic heterocycles. The van der Waals surface area contributed by atoms with Crippen LogP contribution in [0, 0.1) is 11.8 Å². The van der Waals surface area contributed by atoms with E-state index in [9.17, 15) is 9.59 Å². The van der Waals surface area contributed by atoms with Crippen molar-refractivity contribution >= 4 is 11.8 Å². The van der Waals surface area contributed by atoms with Gasteiger partial charge in [-0.25, -0.2) is 0 Å². The van der Waals surface area contributed by atoms with Crippen LogP contribution in [0.3, 0.4) is 0 Å². The normalized spacial score (nSPS) is 30.1. The van der Waals surface area contributed by atoms with Gasteiger partial charge in [-0.05, 0) is 28.8 Å². The SMILES string of the molecule is COc1cccc(CN2C[C@]34C=C[C@H](O3)[C@H](C(=O)N3Cc5ccccc5C3)[C@@H]4C2=O)c1. The molecule has 0 aromatic heterocycles. The molecule has 2 amide bonds. The summed E-state index contributed by atoms with van der Waals surface area (Å²) in [4.78, 5) is 30.8. The van der Waals surface area contributed by atoms with E-state index in [0.717, 1.165) is 11.3 Å². The Labute approximate surface area is 181 Å². The van der Waals surface area contributed by atoms with Gasteiger partial charge in [0.1, 0.15) is 11.4 Å². The maximum Gasteiger partial charge on any atom is 0.230 e. The second-order valence-corrected chi connectivity index (χ2v) is 8.91. The van der Waals surface area contributed by atoms with Crippen LogP contribution < -0.4 is 4.74 Å². The highest BCUT2D eigenvalue weighted by atomic mass is 16.5. The Morgan fingerprint density at radius 2 is 1.94 bits per heavy atom. The maximum absolute atomic E-state index is 13.6. The number of hydrogen-bond acceptors (Lipinski definition) is 4. The van der Waals surface area contributed by atoms with Gasteiger partial charge in [0.2, 0.25) is 11.8 Å². The predicted molar refractivity (Wildman–Crippen MR) is 113 cm³/mol. The van der Waals surface area contributed by atoms with E-state index in [2.05, 4.69) is 12.1 Å². The Kier molecular flexibility index (Phi) is 4.02. The van der Waals surface area contributed by atoms with Gasteiger partial charge in [0.25, 0.3) is 0 Å². The molecule has 1 spiro atoms. The molecule has 6 rings (SSSR count). The first-order valence-electron chi connectivity index (χ1n) is 10.7. The highest BCUT2D eigenvalue weighted by Gasteiger charge is 2.67. The van der Waals surface area contributed by atoms with Gasteiger partial charge in [-0.3, -0.25) is 9.59 Å². The molecule has 0 aliphatic carbocycles. The lowest BCUT2D eigenvalue weighted by Crippen LogP contribution is -2.44. The van der Waals surface area contributed by atoms with Crippen molar-refractivity contribution in [3.8, 4) is 5.75 Å². The number of amides is 2. The number of fused-ring (bicyclic) bond motifs is 2. The van der Waals surface area contributed by atoms with Crippen LogP contribution in [-0.4, -0.2) is 47.0 Å². The summed E-state index contributed by atoms with van der Waals surface area (Å²) in [6.45, 7) is 2.16. The number of carbonyl (C=O) groups is 2. The molecule has 0 saturated carbocycles. The Bertz CT molecular complexity index is 1090. The van der Waals surface area contributed by atoms with Crippen molar-refractivity contribution < 1.29 is 19.1 Å². The quantitative estimate of drug-likeness (QED) is 0.719. The maximum atomic E-state index is 13.6. The molecule has 31 heavy (non-hydrogen) atoms. The van der Waals surface area contributed by atoms with E-state index in [4.69, 9.17) is 9.47 Å². The summed E-state index contributed by atoms with van der Waals surface area (Å²) in [5.74, 6) is -0.119. The third kappa shape index (κ3) is 2.74. The first-order chi connectivity index (χ1) is 15.1. The fraction of sp³-hybridized carbons (Fsp3) is 0.360. The predicted octanol–water partition coefficient (Wildman–Crippen LogP) is 2.52. The fourth-order valence-electron chi connectivity index (χ4n) is 5.69. The van der Waals surface area contributed by atoms with Crippen molar-refractivity contribution in [1.82, 2.24) is 9.80 Å². The topological polar surface area (TPSA) is 59.1 Å². The molecule has 4 heterocycles. The minimum Gasteiger partial charge on any atom is -0.497 e. The summed E-state index contributed by atoms with van der Waals surface area (Å²) in [5, 5.41) is 0. The summed E-state index contributed by atoms with van der Waals surface area (Å²) in [6.07, 6.45) is 3.67. The van der Waals surface area contributed by atoms with Gasteiger partial charge in [0.05, 0.1) is 31.6 Å². The molecule has 0 unspecified atom stereocenters. The summed E-state index contributed by atoms with van der Waals surface area (Å²) in [5.41, 5.74) is 2.68. The minimum atomic E-state index is -0.687. The van der Waals surface area contributed by atoms with Crippen LogP contribution >= 0.6 is 0 Å². The van der Waals surface area contributed by atoms with Crippen molar-refractivity contribution in [3.05, 3.63) is 77.4 Å². The number of hydrogen-bond donors (Lipinski definition) is 0. The summed E-state index contributed by atoms with van der Waals surface area (Å²) < 4.78 is 11.6. The standard InChI is InChI=1S/C25H24N2O4/c1-30-19-8-4-5-16(11-19)12-27-15-25-10-9-20(31-25)21(22(25)24(27)29)23(28)26-13-17-6-2-3-7-18(17)14-26/h2-11,20-22H,12-15H2,1H3/t20-,21-,22+,25-/m0/s1. The van der Waals surface area contributed by atoms with E-state index < -0.39 is 17.4 Å². The molecule has 6 nitrogen and oxygen atoms in total. The van der Waals surface area contributed by atoms with Gasteiger partial charge in [-0.15, -0.1) is 0 Å². The molecule has 4 aliphatic rings. The molecule has 0 radical (unpaired) electrons. The van der Waals surface area contributed by atoms with Gasteiger partial charge in [0.15, 0.2) is 0 Å². The first-order valence-corrected chi connectivity index (χ1v) is 10.7. The Hall–Kier alpha value is -3.12. The van der Waals surface area contributed by atoms with E-state index in [0.29, 0.717) is 26.2 Å². The number of carbonyl (C=O) groups excluding carboxylic acids is 2. The molecular formula is C25H24N2O4. The summed E-state index contributed by atoms with van der Waals surface area (Å²) in [6, 6.07) is 15.9. The largest absolute Gasteiger partial charge is 0.497 e. The molecule has 158 valence electrons. The third-order valence-electron chi connectivity index (χ3n) is 7.12. The zero-order chi connectivity index (χ0) is 21.2. The molecule has 6 heteroatoms. The lowest BCUT2D eigenvalue weighted by atomic mass is 9.76. The number of nitrogens with zero attached hydrogens (tertiary/aromatic N) is 2. The smallest absolute Gasteiger partial charge is 0.230 e. The molecule has 2 aromatic carbocycles. The average molecular weight is 416 g/mol. The van der Waals surface area contributed by atoms with E-state index in [1.165, 1.54) is 11.1 Å². The second-order valence-electron chi connectivity index (χ2n) is 8.91. The van der Waals surface area contributed by atoms with Gasteiger partial charge in [-0.2, -0.15) is 0 Å². The van der Waals surface area contributed by atoms with Crippen LogP contribution in [0.1, 0.15) is 16.7 Å². The monoisotopic (exact) mass is 416 g/mol. The Balaban J connectivity index is 1.25. The van der Waals surface area contributed by atoms with Crippen molar-refractivity contribution in [2.45, 2.75) is 31.3 Å². The second kappa shape index (κ2) is 6.69. The lowest BCUT2D eigenvalue weighted by Gasteiger charge is -2.27. The molecular weight excluding hydrogens is 392 g/mol. The van der Waals surface area contributed by atoms with Crippen LogP contribution in [0.4, 0.5) is 0 Å². The van der Waals surface area contributed by atoms with Crippen molar-refractivity contribution in [2.75, 3.05) is 13.7 Å². The van der Waals surface area contributed by atoms with E-state index >= 15 is 0 Å². The Morgan fingerprint density at radius 1 is 1.16 bits per heavy atom. The lowest BCUT2D eigenvalue weighted by molar-refractivity contribution is -0.143. The average Bonchev–Trinajstić information content (AvgIpc) is 3.53. The fourth-order valence-corrected chi connectivity index (χ4v) is 5.69.